The summed E-state index contributed by atoms with van der Waals surface area (Å²) in [5, 5.41) is 18.4. The molecule has 1 fully saturated rings. The molecule has 1 aliphatic heterocycles. The molecule has 90 valence electrons. The minimum atomic E-state index is -0.891. The lowest BCUT2D eigenvalue weighted by Crippen LogP contribution is -2.46. The molecular weight excluding hydrogens is 204 g/mol. The van der Waals surface area contributed by atoms with E-state index >= 15 is 0 Å². The third-order valence-electron chi connectivity index (χ3n) is 3.68. The zero-order valence-corrected chi connectivity index (χ0v) is 10.1. The van der Waals surface area contributed by atoms with Crippen molar-refractivity contribution < 1.29 is 9.90 Å². The normalized spacial score (nSPS) is 20.9. The molecule has 0 radical (unpaired) electrons. The van der Waals surface area contributed by atoms with Crippen LogP contribution in [0.15, 0.2) is 0 Å². The van der Waals surface area contributed by atoms with Gasteiger partial charge < -0.3 is 10.0 Å². The summed E-state index contributed by atoms with van der Waals surface area (Å²) < 4.78 is 0. The Morgan fingerprint density at radius 3 is 2.62 bits per heavy atom. The highest BCUT2D eigenvalue weighted by Crippen LogP contribution is 2.31. The highest BCUT2D eigenvalue weighted by molar-refractivity contribution is 5.85. The molecule has 0 aliphatic carbocycles. The van der Waals surface area contributed by atoms with Gasteiger partial charge in [0.15, 0.2) is 0 Å². The third kappa shape index (κ3) is 2.05. The summed E-state index contributed by atoms with van der Waals surface area (Å²) in [5.74, 6) is -0.100. The highest BCUT2D eigenvalue weighted by Gasteiger charge is 2.41. The second-order valence-electron chi connectivity index (χ2n) is 4.38. The SMILES string of the molecule is CCC(C#N)(CC)C(=O)N1CCC[C@@H]1CO. The lowest BCUT2D eigenvalue weighted by molar-refractivity contribution is -0.141. The number of carbonyl (C=O) groups is 1. The summed E-state index contributed by atoms with van der Waals surface area (Å²) in [5.41, 5.74) is -0.891. The Bertz CT molecular complexity index is 292. The molecule has 1 N–H and O–H groups in total. The number of nitrogens with zero attached hydrogens (tertiary/aromatic N) is 2. The molecule has 1 amide bonds. The zero-order chi connectivity index (χ0) is 12.2. The van der Waals surface area contributed by atoms with Crippen LogP contribution in [0.3, 0.4) is 0 Å². The topological polar surface area (TPSA) is 64.3 Å². The molecule has 1 aliphatic rings. The van der Waals surface area contributed by atoms with Gasteiger partial charge in [0.1, 0.15) is 5.41 Å². The molecule has 1 atom stereocenters. The summed E-state index contributed by atoms with van der Waals surface area (Å²) in [6, 6.07) is 2.08. The number of aliphatic hydroxyl groups is 1. The van der Waals surface area contributed by atoms with Gasteiger partial charge in [-0.1, -0.05) is 13.8 Å². The number of hydrogen-bond donors (Lipinski definition) is 1. The van der Waals surface area contributed by atoms with E-state index in [4.69, 9.17) is 0 Å². The first-order chi connectivity index (χ1) is 7.65. The summed E-state index contributed by atoms with van der Waals surface area (Å²) in [6.07, 6.45) is 2.84. The van der Waals surface area contributed by atoms with Crippen LogP contribution in [0.1, 0.15) is 39.5 Å². The summed E-state index contributed by atoms with van der Waals surface area (Å²) >= 11 is 0. The number of aliphatic hydroxyl groups excluding tert-OH is 1. The summed E-state index contributed by atoms with van der Waals surface area (Å²) in [4.78, 5) is 14.0. The van der Waals surface area contributed by atoms with Crippen LogP contribution >= 0.6 is 0 Å². The van der Waals surface area contributed by atoms with Gasteiger partial charge in [-0.2, -0.15) is 5.26 Å². The maximum Gasteiger partial charge on any atom is 0.243 e. The zero-order valence-electron chi connectivity index (χ0n) is 10.1. The van der Waals surface area contributed by atoms with E-state index in [0.717, 1.165) is 12.8 Å². The Morgan fingerprint density at radius 2 is 2.19 bits per heavy atom. The van der Waals surface area contributed by atoms with E-state index in [-0.39, 0.29) is 18.6 Å². The molecule has 1 saturated heterocycles. The smallest absolute Gasteiger partial charge is 0.243 e. The van der Waals surface area contributed by atoms with Gasteiger partial charge in [-0.15, -0.1) is 0 Å². The van der Waals surface area contributed by atoms with Gasteiger partial charge in [-0.3, -0.25) is 4.79 Å². The molecule has 0 saturated carbocycles. The van der Waals surface area contributed by atoms with Gasteiger partial charge in [0, 0.05) is 6.54 Å². The molecule has 0 bridgehead atoms. The fourth-order valence-electron chi connectivity index (χ4n) is 2.33. The fourth-order valence-corrected chi connectivity index (χ4v) is 2.33. The van der Waals surface area contributed by atoms with Crippen LogP contribution in [0.2, 0.25) is 0 Å². The van der Waals surface area contributed by atoms with Gasteiger partial charge in [0.25, 0.3) is 0 Å². The molecule has 16 heavy (non-hydrogen) atoms. The highest BCUT2D eigenvalue weighted by atomic mass is 16.3. The van der Waals surface area contributed by atoms with E-state index in [2.05, 4.69) is 6.07 Å². The second kappa shape index (κ2) is 5.31. The average Bonchev–Trinajstić information content (AvgIpc) is 2.79. The lowest BCUT2D eigenvalue weighted by Gasteiger charge is -2.31. The van der Waals surface area contributed by atoms with Crippen LogP contribution in [-0.4, -0.2) is 35.1 Å². The van der Waals surface area contributed by atoms with Crippen LogP contribution in [0.25, 0.3) is 0 Å². The maximum absolute atomic E-state index is 12.3. The van der Waals surface area contributed by atoms with Gasteiger partial charge in [0.05, 0.1) is 18.7 Å². The minimum absolute atomic E-state index is 0.000672. The van der Waals surface area contributed by atoms with Crippen molar-refractivity contribution in [2.45, 2.75) is 45.6 Å². The standard InChI is InChI=1S/C12H20N2O2/c1-3-12(4-2,9-13)11(16)14-7-5-6-10(14)8-15/h10,15H,3-8H2,1-2H3/t10-/m1/s1. The number of amides is 1. The summed E-state index contributed by atoms with van der Waals surface area (Å²) in [6.45, 7) is 4.41. The van der Waals surface area contributed by atoms with Crippen LogP contribution in [-0.2, 0) is 4.79 Å². The average molecular weight is 224 g/mol. The Hall–Kier alpha value is -1.08. The molecule has 0 aromatic rings. The monoisotopic (exact) mass is 224 g/mol. The van der Waals surface area contributed by atoms with E-state index in [9.17, 15) is 15.2 Å². The minimum Gasteiger partial charge on any atom is -0.394 e. The fraction of sp³-hybridized carbons (Fsp3) is 0.833. The molecule has 4 heteroatoms. The quantitative estimate of drug-likeness (QED) is 0.782. The largest absolute Gasteiger partial charge is 0.394 e. The second-order valence-corrected chi connectivity index (χ2v) is 4.38. The van der Waals surface area contributed by atoms with Crippen LogP contribution in [0, 0.1) is 16.7 Å². The van der Waals surface area contributed by atoms with Crippen molar-refractivity contribution in [3.8, 4) is 6.07 Å². The number of rotatable bonds is 4. The van der Waals surface area contributed by atoms with Gasteiger partial charge in [0.2, 0.25) is 5.91 Å². The van der Waals surface area contributed by atoms with Crippen LogP contribution in [0.4, 0.5) is 0 Å². The van der Waals surface area contributed by atoms with Crippen LogP contribution in [0.5, 0.6) is 0 Å². The molecule has 1 heterocycles. The predicted molar refractivity (Wildman–Crippen MR) is 60.4 cm³/mol. The van der Waals surface area contributed by atoms with Gasteiger partial charge >= 0.3 is 0 Å². The predicted octanol–water partition coefficient (Wildman–Crippen LogP) is 1.30. The van der Waals surface area contributed by atoms with Crippen molar-refractivity contribution in [2.75, 3.05) is 13.2 Å². The van der Waals surface area contributed by atoms with Crippen molar-refractivity contribution in [3.63, 3.8) is 0 Å². The molecular formula is C12H20N2O2. The molecule has 0 unspecified atom stereocenters. The van der Waals surface area contributed by atoms with E-state index in [1.54, 1.807) is 4.90 Å². The van der Waals surface area contributed by atoms with Crippen molar-refractivity contribution in [3.05, 3.63) is 0 Å². The maximum atomic E-state index is 12.3. The summed E-state index contributed by atoms with van der Waals surface area (Å²) in [7, 11) is 0. The Balaban J connectivity index is 2.87. The van der Waals surface area contributed by atoms with Gasteiger partial charge in [-0.25, -0.2) is 0 Å². The number of likely N-dealkylation sites (tertiary alicyclic amines) is 1. The number of hydrogen-bond acceptors (Lipinski definition) is 3. The molecule has 0 aromatic carbocycles. The molecule has 0 aromatic heterocycles. The van der Waals surface area contributed by atoms with Crippen molar-refractivity contribution in [1.29, 1.82) is 5.26 Å². The Morgan fingerprint density at radius 1 is 1.56 bits per heavy atom. The van der Waals surface area contributed by atoms with Gasteiger partial charge in [-0.05, 0) is 25.7 Å². The van der Waals surface area contributed by atoms with E-state index in [1.165, 1.54) is 0 Å². The molecule has 0 spiro atoms. The number of carbonyl (C=O) groups excluding carboxylic acids is 1. The van der Waals surface area contributed by atoms with Crippen molar-refractivity contribution in [2.24, 2.45) is 5.41 Å². The van der Waals surface area contributed by atoms with E-state index < -0.39 is 5.41 Å². The Kier molecular flexibility index (Phi) is 4.31. The van der Waals surface area contributed by atoms with Crippen LogP contribution < -0.4 is 0 Å². The third-order valence-corrected chi connectivity index (χ3v) is 3.68. The number of nitriles is 1. The van der Waals surface area contributed by atoms with E-state index in [0.29, 0.717) is 19.4 Å². The lowest BCUT2D eigenvalue weighted by atomic mass is 9.82. The van der Waals surface area contributed by atoms with E-state index in [1.807, 2.05) is 13.8 Å². The Labute approximate surface area is 96.9 Å². The molecule has 1 rings (SSSR count). The first-order valence-electron chi connectivity index (χ1n) is 5.98. The first-order valence-corrected chi connectivity index (χ1v) is 5.98. The van der Waals surface area contributed by atoms with Crippen molar-refractivity contribution >= 4 is 5.91 Å². The molecule has 4 nitrogen and oxygen atoms in total. The first kappa shape index (κ1) is 13.0. The van der Waals surface area contributed by atoms with Crippen molar-refractivity contribution in [1.82, 2.24) is 4.90 Å².